The van der Waals surface area contributed by atoms with Crippen molar-refractivity contribution in [2.24, 2.45) is 10.9 Å². The number of rotatable bonds is 9. The van der Waals surface area contributed by atoms with Gasteiger partial charge in [0.15, 0.2) is 5.96 Å². The standard InChI is InChI=1S/C22H36N4O2.HI/c1-4-23-22(24-13-17(2)26-11-12-27-15-18(26)3)25-14-20-7-5-6-8-21(20)28-16-19-9-10-19;/h5-8,17-19H,4,9-16H2,1-3H3,(H2,23,24,25);1H. The first kappa shape index (κ1) is 24.2. The van der Waals surface area contributed by atoms with Crippen LogP contribution in [-0.2, 0) is 11.3 Å². The molecule has 3 rings (SSSR count). The van der Waals surface area contributed by atoms with Crippen LogP contribution in [0.3, 0.4) is 0 Å². The number of nitrogens with one attached hydrogen (secondary N) is 2. The second-order valence-electron chi connectivity index (χ2n) is 7.95. The average Bonchev–Trinajstić information content (AvgIpc) is 3.54. The van der Waals surface area contributed by atoms with E-state index in [4.69, 9.17) is 14.5 Å². The lowest BCUT2D eigenvalue weighted by atomic mass is 10.2. The molecule has 0 spiro atoms. The molecule has 1 heterocycles. The maximum Gasteiger partial charge on any atom is 0.191 e. The highest BCUT2D eigenvalue weighted by Crippen LogP contribution is 2.30. The molecule has 1 aromatic rings. The molecule has 1 saturated heterocycles. The number of ether oxygens (including phenoxy) is 2. The number of aliphatic imine (C=N–C) groups is 1. The minimum Gasteiger partial charge on any atom is -0.493 e. The molecule has 0 radical (unpaired) electrons. The number of nitrogens with zero attached hydrogens (tertiary/aromatic N) is 2. The molecule has 1 aliphatic carbocycles. The predicted octanol–water partition coefficient (Wildman–Crippen LogP) is 3.26. The molecule has 29 heavy (non-hydrogen) atoms. The van der Waals surface area contributed by atoms with Crippen LogP contribution in [0, 0.1) is 5.92 Å². The monoisotopic (exact) mass is 516 g/mol. The number of morpholine rings is 1. The van der Waals surface area contributed by atoms with Crippen LogP contribution in [0.2, 0.25) is 0 Å². The molecule has 7 heteroatoms. The van der Waals surface area contributed by atoms with Crippen molar-refractivity contribution in [3.63, 3.8) is 0 Å². The molecule has 6 nitrogen and oxygen atoms in total. The third kappa shape index (κ3) is 7.94. The van der Waals surface area contributed by atoms with Crippen LogP contribution >= 0.6 is 24.0 Å². The molecule has 164 valence electrons. The maximum atomic E-state index is 6.01. The summed E-state index contributed by atoms with van der Waals surface area (Å²) in [5.74, 6) is 2.57. The van der Waals surface area contributed by atoms with Gasteiger partial charge in [-0.3, -0.25) is 4.90 Å². The third-order valence-corrected chi connectivity index (χ3v) is 5.45. The molecule has 2 unspecified atom stereocenters. The first-order chi connectivity index (χ1) is 13.7. The van der Waals surface area contributed by atoms with Crippen LogP contribution in [0.4, 0.5) is 0 Å². The highest BCUT2D eigenvalue weighted by molar-refractivity contribution is 14.0. The van der Waals surface area contributed by atoms with Crippen molar-refractivity contribution in [2.75, 3.05) is 39.5 Å². The predicted molar refractivity (Wildman–Crippen MR) is 129 cm³/mol. The van der Waals surface area contributed by atoms with E-state index in [2.05, 4.69) is 54.5 Å². The van der Waals surface area contributed by atoms with Crippen LogP contribution in [0.25, 0.3) is 0 Å². The van der Waals surface area contributed by atoms with Gasteiger partial charge in [0.2, 0.25) is 0 Å². The SMILES string of the molecule is CCNC(=NCc1ccccc1OCC1CC1)NCC(C)N1CCOCC1C.I. The average molecular weight is 516 g/mol. The zero-order valence-electron chi connectivity index (χ0n) is 18.0. The third-order valence-electron chi connectivity index (χ3n) is 5.45. The van der Waals surface area contributed by atoms with E-state index in [1.54, 1.807) is 0 Å². The number of hydrogen-bond donors (Lipinski definition) is 2. The Bertz CT molecular complexity index is 639. The summed E-state index contributed by atoms with van der Waals surface area (Å²) in [5, 5.41) is 6.86. The summed E-state index contributed by atoms with van der Waals surface area (Å²) in [4.78, 5) is 7.30. The van der Waals surface area contributed by atoms with Crippen molar-refractivity contribution in [2.45, 2.75) is 52.2 Å². The van der Waals surface area contributed by atoms with E-state index >= 15 is 0 Å². The summed E-state index contributed by atoms with van der Waals surface area (Å²) < 4.78 is 11.6. The Morgan fingerprint density at radius 3 is 2.83 bits per heavy atom. The van der Waals surface area contributed by atoms with E-state index in [1.807, 2.05) is 6.07 Å². The van der Waals surface area contributed by atoms with Gasteiger partial charge in [0.1, 0.15) is 5.75 Å². The molecule has 2 fully saturated rings. The maximum absolute atomic E-state index is 6.01. The van der Waals surface area contributed by atoms with Crippen LogP contribution in [0.5, 0.6) is 5.75 Å². The Morgan fingerprint density at radius 1 is 1.31 bits per heavy atom. The minimum absolute atomic E-state index is 0. The van der Waals surface area contributed by atoms with E-state index in [9.17, 15) is 0 Å². The van der Waals surface area contributed by atoms with Gasteiger partial charge >= 0.3 is 0 Å². The Hall–Kier alpha value is -1.06. The van der Waals surface area contributed by atoms with Crippen molar-refractivity contribution in [3.05, 3.63) is 29.8 Å². The van der Waals surface area contributed by atoms with Crippen LogP contribution in [-0.4, -0.2) is 62.4 Å². The highest BCUT2D eigenvalue weighted by Gasteiger charge is 2.24. The van der Waals surface area contributed by atoms with Gasteiger partial charge in [-0.25, -0.2) is 4.99 Å². The lowest BCUT2D eigenvalue weighted by molar-refractivity contribution is -0.0174. The Labute approximate surface area is 192 Å². The number of para-hydroxylation sites is 1. The minimum atomic E-state index is 0. The summed E-state index contributed by atoms with van der Waals surface area (Å²) in [6, 6.07) is 9.13. The van der Waals surface area contributed by atoms with Gasteiger partial charge in [-0.15, -0.1) is 24.0 Å². The Balaban J connectivity index is 0.00000300. The van der Waals surface area contributed by atoms with Crippen molar-refractivity contribution < 1.29 is 9.47 Å². The Kier molecular flexibility index (Phi) is 10.5. The molecule has 0 amide bonds. The zero-order chi connectivity index (χ0) is 19.8. The van der Waals surface area contributed by atoms with E-state index in [-0.39, 0.29) is 24.0 Å². The van der Waals surface area contributed by atoms with Gasteiger partial charge < -0.3 is 20.1 Å². The first-order valence-corrected chi connectivity index (χ1v) is 10.7. The summed E-state index contributed by atoms with van der Waals surface area (Å²) in [6.45, 7) is 12.3. The molecule has 2 N–H and O–H groups in total. The quantitative estimate of drug-likeness (QED) is 0.300. The van der Waals surface area contributed by atoms with Crippen LogP contribution in [0.1, 0.15) is 39.2 Å². The molecular weight excluding hydrogens is 479 g/mol. The van der Waals surface area contributed by atoms with Crippen LogP contribution in [0.15, 0.2) is 29.3 Å². The van der Waals surface area contributed by atoms with Gasteiger partial charge in [0.05, 0.1) is 26.4 Å². The normalized spacial score (nSPS) is 21.2. The highest BCUT2D eigenvalue weighted by atomic mass is 127. The van der Waals surface area contributed by atoms with Crippen molar-refractivity contribution in [1.82, 2.24) is 15.5 Å². The van der Waals surface area contributed by atoms with Crippen molar-refractivity contribution in [1.29, 1.82) is 0 Å². The molecule has 2 atom stereocenters. The topological polar surface area (TPSA) is 58.1 Å². The first-order valence-electron chi connectivity index (χ1n) is 10.7. The molecule has 0 aromatic heterocycles. The van der Waals surface area contributed by atoms with Gasteiger partial charge in [0, 0.05) is 37.3 Å². The summed E-state index contributed by atoms with van der Waals surface area (Å²) >= 11 is 0. The molecule has 1 aliphatic heterocycles. The lowest BCUT2D eigenvalue weighted by Gasteiger charge is -2.38. The van der Waals surface area contributed by atoms with Crippen molar-refractivity contribution >= 4 is 29.9 Å². The van der Waals surface area contributed by atoms with Gasteiger partial charge in [-0.05, 0) is 45.6 Å². The Morgan fingerprint density at radius 2 is 2.10 bits per heavy atom. The number of benzene rings is 1. The van der Waals surface area contributed by atoms with Crippen molar-refractivity contribution in [3.8, 4) is 5.75 Å². The van der Waals surface area contributed by atoms with E-state index in [0.29, 0.717) is 18.6 Å². The van der Waals surface area contributed by atoms with Crippen LogP contribution < -0.4 is 15.4 Å². The number of halogens is 1. The van der Waals surface area contributed by atoms with E-state index in [1.165, 1.54) is 12.8 Å². The summed E-state index contributed by atoms with van der Waals surface area (Å²) in [5.41, 5.74) is 1.13. The second kappa shape index (κ2) is 12.6. The molecule has 0 bridgehead atoms. The molecule has 1 saturated carbocycles. The molecule has 2 aliphatic rings. The fraction of sp³-hybridized carbons (Fsp3) is 0.682. The summed E-state index contributed by atoms with van der Waals surface area (Å²) in [6.07, 6.45) is 2.60. The largest absolute Gasteiger partial charge is 0.493 e. The second-order valence-corrected chi connectivity index (χ2v) is 7.95. The number of guanidine groups is 1. The molecule has 1 aromatic carbocycles. The van der Waals surface area contributed by atoms with Gasteiger partial charge in [0.25, 0.3) is 0 Å². The molecular formula is C22H37IN4O2. The van der Waals surface area contributed by atoms with Gasteiger partial charge in [-0.1, -0.05) is 18.2 Å². The zero-order valence-corrected chi connectivity index (χ0v) is 20.4. The lowest BCUT2D eigenvalue weighted by Crippen LogP contribution is -2.53. The number of hydrogen-bond acceptors (Lipinski definition) is 4. The fourth-order valence-electron chi connectivity index (χ4n) is 3.53. The van der Waals surface area contributed by atoms with Gasteiger partial charge in [-0.2, -0.15) is 0 Å². The fourth-order valence-corrected chi connectivity index (χ4v) is 3.53. The van der Waals surface area contributed by atoms with E-state index < -0.39 is 0 Å². The smallest absolute Gasteiger partial charge is 0.191 e. The van der Waals surface area contributed by atoms with E-state index in [0.717, 1.165) is 62.6 Å². The summed E-state index contributed by atoms with van der Waals surface area (Å²) in [7, 11) is 0.